The molecule has 13 heavy (non-hydrogen) atoms. The molecular formula is C11H23NO. The Balaban J connectivity index is 3.53. The van der Waals surface area contributed by atoms with Gasteiger partial charge in [0.1, 0.15) is 0 Å². The molecule has 0 aliphatic rings. The predicted octanol–water partition coefficient (Wildman–Crippen LogP) is 2.58. The maximum atomic E-state index is 11.3. The summed E-state index contributed by atoms with van der Waals surface area (Å²) in [6.45, 7) is 11.5. The SMILES string of the molecule is CC(C)CNC(=O)CCC(C)(C)C. The number of carbonyl (C=O) groups excluding carboxylic acids is 1. The van der Waals surface area contributed by atoms with E-state index in [0.717, 1.165) is 13.0 Å². The van der Waals surface area contributed by atoms with Crippen molar-refractivity contribution in [3.63, 3.8) is 0 Å². The number of rotatable bonds is 4. The minimum Gasteiger partial charge on any atom is -0.356 e. The van der Waals surface area contributed by atoms with Gasteiger partial charge in [-0.05, 0) is 17.8 Å². The molecule has 0 atom stereocenters. The third-order valence-electron chi connectivity index (χ3n) is 1.81. The molecule has 1 N–H and O–H groups in total. The van der Waals surface area contributed by atoms with Crippen LogP contribution >= 0.6 is 0 Å². The Morgan fingerprint density at radius 3 is 2.23 bits per heavy atom. The maximum Gasteiger partial charge on any atom is 0.220 e. The number of hydrogen-bond donors (Lipinski definition) is 1. The Kier molecular flexibility index (Phi) is 5.04. The third kappa shape index (κ3) is 9.38. The van der Waals surface area contributed by atoms with Crippen LogP contribution in [0.25, 0.3) is 0 Å². The molecule has 2 nitrogen and oxygen atoms in total. The molecule has 0 spiro atoms. The molecule has 0 aromatic carbocycles. The zero-order valence-electron chi connectivity index (χ0n) is 9.61. The van der Waals surface area contributed by atoms with Crippen molar-refractivity contribution in [2.75, 3.05) is 6.54 Å². The van der Waals surface area contributed by atoms with E-state index in [0.29, 0.717) is 12.3 Å². The molecule has 0 saturated carbocycles. The molecule has 1 amide bonds. The smallest absolute Gasteiger partial charge is 0.220 e. The number of nitrogens with one attached hydrogen (secondary N) is 1. The fourth-order valence-corrected chi connectivity index (χ4v) is 0.895. The summed E-state index contributed by atoms with van der Waals surface area (Å²) >= 11 is 0. The van der Waals surface area contributed by atoms with Crippen LogP contribution in [-0.4, -0.2) is 12.5 Å². The first-order valence-corrected chi connectivity index (χ1v) is 5.08. The van der Waals surface area contributed by atoms with Crippen LogP contribution in [-0.2, 0) is 4.79 Å². The van der Waals surface area contributed by atoms with Crippen molar-refractivity contribution in [1.29, 1.82) is 0 Å². The average molecular weight is 185 g/mol. The fourth-order valence-electron chi connectivity index (χ4n) is 0.895. The van der Waals surface area contributed by atoms with E-state index in [9.17, 15) is 4.79 Å². The first-order valence-electron chi connectivity index (χ1n) is 5.08. The van der Waals surface area contributed by atoms with Gasteiger partial charge < -0.3 is 5.32 Å². The van der Waals surface area contributed by atoms with Gasteiger partial charge in [0.05, 0.1) is 0 Å². The molecule has 0 radical (unpaired) electrons. The lowest BCUT2D eigenvalue weighted by atomic mass is 9.90. The molecule has 0 aliphatic heterocycles. The summed E-state index contributed by atoms with van der Waals surface area (Å²) in [5, 5.41) is 2.92. The van der Waals surface area contributed by atoms with Gasteiger partial charge in [-0.2, -0.15) is 0 Å². The molecule has 0 unspecified atom stereocenters. The highest BCUT2D eigenvalue weighted by atomic mass is 16.1. The highest BCUT2D eigenvalue weighted by Crippen LogP contribution is 2.20. The van der Waals surface area contributed by atoms with Crippen LogP contribution in [0.2, 0.25) is 0 Å². The van der Waals surface area contributed by atoms with Crippen LogP contribution in [0, 0.1) is 11.3 Å². The Morgan fingerprint density at radius 1 is 1.31 bits per heavy atom. The summed E-state index contributed by atoms with van der Waals surface area (Å²) in [6.07, 6.45) is 1.60. The van der Waals surface area contributed by atoms with Crippen LogP contribution in [0.1, 0.15) is 47.5 Å². The van der Waals surface area contributed by atoms with E-state index < -0.39 is 0 Å². The number of amides is 1. The van der Waals surface area contributed by atoms with E-state index in [-0.39, 0.29) is 11.3 Å². The fraction of sp³-hybridized carbons (Fsp3) is 0.909. The normalized spacial score (nSPS) is 11.8. The summed E-state index contributed by atoms with van der Waals surface area (Å²) in [6, 6.07) is 0. The van der Waals surface area contributed by atoms with Crippen molar-refractivity contribution in [2.45, 2.75) is 47.5 Å². The molecule has 0 aliphatic carbocycles. The van der Waals surface area contributed by atoms with Crippen molar-refractivity contribution in [3.05, 3.63) is 0 Å². The quantitative estimate of drug-likeness (QED) is 0.716. The van der Waals surface area contributed by atoms with E-state index in [1.54, 1.807) is 0 Å². The Hall–Kier alpha value is -0.530. The third-order valence-corrected chi connectivity index (χ3v) is 1.81. The molecular weight excluding hydrogens is 162 g/mol. The van der Waals surface area contributed by atoms with E-state index in [4.69, 9.17) is 0 Å². The molecule has 2 heteroatoms. The van der Waals surface area contributed by atoms with Crippen LogP contribution in [0.15, 0.2) is 0 Å². The lowest BCUT2D eigenvalue weighted by Crippen LogP contribution is -2.28. The van der Waals surface area contributed by atoms with Crippen molar-refractivity contribution >= 4 is 5.91 Å². The lowest BCUT2D eigenvalue weighted by Gasteiger charge is -2.17. The van der Waals surface area contributed by atoms with Gasteiger partial charge in [0.2, 0.25) is 5.91 Å². The molecule has 0 saturated heterocycles. The highest BCUT2D eigenvalue weighted by molar-refractivity contribution is 5.75. The second kappa shape index (κ2) is 5.25. The van der Waals surface area contributed by atoms with E-state index in [2.05, 4.69) is 39.9 Å². The van der Waals surface area contributed by atoms with Gasteiger partial charge in [-0.15, -0.1) is 0 Å². The van der Waals surface area contributed by atoms with Gasteiger partial charge in [-0.25, -0.2) is 0 Å². The monoisotopic (exact) mass is 185 g/mol. The maximum absolute atomic E-state index is 11.3. The Labute approximate surface area is 82.1 Å². The summed E-state index contributed by atoms with van der Waals surface area (Å²) < 4.78 is 0. The minimum atomic E-state index is 0.184. The summed E-state index contributed by atoms with van der Waals surface area (Å²) in [5.41, 5.74) is 0.259. The van der Waals surface area contributed by atoms with Crippen LogP contribution < -0.4 is 5.32 Å². The van der Waals surface area contributed by atoms with Gasteiger partial charge in [-0.1, -0.05) is 34.6 Å². The van der Waals surface area contributed by atoms with E-state index in [1.807, 2.05) is 0 Å². The van der Waals surface area contributed by atoms with E-state index >= 15 is 0 Å². The van der Waals surface area contributed by atoms with Gasteiger partial charge in [0.25, 0.3) is 0 Å². The van der Waals surface area contributed by atoms with Gasteiger partial charge in [0.15, 0.2) is 0 Å². The standard InChI is InChI=1S/C11H23NO/c1-9(2)8-12-10(13)6-7-11(3,4)5/h9H,6-8H2,1-5H3,(H,12,13). The average Bonchev–Trinajstić information content (AvgIpc) is 1.95. The summed E-state index contributed by atoms with van der Waals surface area (Å²) in [4.78, 5) is 11.3. The first-order chi connectivity index (χ1) is 5.81. The molecule has 78 valence electrons. The second-order valence-electron chi connectivity index (χ2n) is 5.26. The van der Waals surface area contributed by atoms with Crippen molar-refractivity contribution in [1.82, 2.24) is 5.32 Å². The largest absolute Gasteiger partial charge is 0.356 e. The summed E-state index contributed by atoms with van der Waals surface area (Å²) in [5.74, 6) is 0.724. The zero-order chi connectivity index (χ0) is 10.5. The second-order valence-corrected chi connectivity index (χ2v) is 5.26. The van der Waals surface area contributed by atoms with Crippen molar-refractivity contribution in [3.8, 4) is 0 Å². The molecule has 0 aromatic heterocycles. The van der Waals surface area contributed by atoms with Gasteiger partial charge in [-0.3, -0.25) is 4.79 Å². The van der Waals surface area contributed by atoms with Crippen molar-refractivity contribution < 1.29 is 4.79 Å². The lowest BCUT2D eigenvalue weighted by molar-refractivity contribution is -0.121. The minimum absolute atomic E-state index is 0.184. The molecule has 0 fully saturated rings. The highest BCUT2D eigenvalue weighted by Gasteiger charge is 2.12. The van der Waals surface area contributed by atoms with Gasteiger partial charge in [0, 0.05) is 13.0 Å². The Morgan fingerprint density at radius 2 is 1.85 bits per heavy atom. The summed E-state index contributed by atoms with van der Waals surface area (Å²) in [7, 11) is 0. The number of carbonyl (C=O) groups is 1. The van der Waals surface area contributed by atoms with Crippen LogP contribution in [0.4, 0.5) is 0 Å². The van der Waals surface area contributed by atoms with Crippen LogP contribution in [0.3, 0.4) is 0 Å². The number of hydrogen-bond acceptors (Lipinski definition) is 1. The van der Waals surface area contributed by atoms with Crippen LogP contribution in [0.5, 0.6) is 0 Å². The zero-order valence-corrected chi connectivity index (χ0v) is 9.61. The Bertz CT molecular complexity index is 156. The molecule has 0 bridgehead atoms. The molecule has 0 aromatic rings. The molecule has 0 heterocycles. The predicted molar refractivity (Wildman–Crippen MR) is 56.5 cm³/mol. The topological polar surface area (TPSA) is 29.1 Å². The first kappa shape index (κ1) is 12.5. The van der Waals surface area contributed by atoms with E-state index in [1.165, 1.54) is 0 Å². The molecule has 0 rings (SSSR count). The van der Waals surface area contributed by atoms with Crippen molar-refractivity contribution in [2.24, 2.45) is 11.3 Å². The van der Waals surface area contributed by atoms with Gasteiger partial charge >= 0.3 is 0 Å².